The highest BCUT2D eigenvalue weighted by Crippen LogP contribution is 2.27. The normalized spacial score (nSPS) is 11.5. The van der Waals surface area contributed by atoms with E-state index >= 15 is 0 Å². The van der Waals surface area contributed by atoms with Gasteiger partial charge in [-0.25, -0.2) is 18.6 Å². The average Bonchev–Trinajstić information content (AvgIpc) is 3.22. The van der Waals surface area contributed by atoms with Crippen molar-refractivity contribution in [2.45, 2.75) is 13.0 Å². The minimum atomic E-state index is -1.11. The first kappa shape index (κ1) is 22.2. The van der Waals surface area contributed by atoms with Crippen LogP contribution in [0.1, 0.15) is 6.92 Å². The number of benzene rings is 2. The van der Waals surface area contributed by atoms with Crippen LogP contribution >= 0.6 is 11.3 Å². The van der Waals surface area contributed by atoms with Gasteiger partial charge in [0.25, 0.3) is 5.91 Å². The van der Waals surface area contributed by atoms with Crippen LogP contribution in [0.4, 0.5) is 13.9 Å². The molecule has 1 amide bonds. The summed E-state index contributed by atoms with van der Waals surface area (Å²) in [5.41, 5.74) is 0.734. The molecule has 1 heterocycles. The van der Waals surface area contributed by atoms with Gasteiger partial charge < -0.3 is 14.2 Å². The van der Waals surface area contributed by atoms with E-state index in [1.165, 1.54) is 20.1 Å². The Hall–Kier alpha value is -3.53. The summed E-state index contributed by atoms with van der Waals surface area (Å²) in [6.45, 7) is 0.996. The number of carbonyl (C=O) groups is 2. The number of para-hydroxylation sites is 2. The Morgan fingerprint density at radius 3 is 2.58 bits per heavy atom. The van der Waals surface area contributed by atoms with Gasteiger partial charge in [0.1, 0.15) is 0 Å². The maximum Gasteiger partial charge on any atom is 0.344 e. The van der Waals surface area contributed by atoms with E-state index in [1.54, 1.807) is 29.6 Å². The fourth-order valence-corrected chi connectivity index (χ4v) is 3.21. The number of ether oxygens (including phenoxy) is 3. The van der Waals surface area contributed by atoms with E-state index < -0.39 is 36.2 Å². The summed E-state index contributed by atoms with van der Waals surface area (Å²) in [5.74, 6) is -2.47. The lowest BCUT2D eigenvalue weighted by molar-refractivity contribution is -0.155. The molecule has 0 saturated heterocycles. The molecule has 162 valence electrons. The Labute approximate surface area is 180 Å². The van der Waals surface area contributed by atoms with Crippen LogP contribution in [-0.2, 0) is 14.3 Å². The number of nitrogens with one attached hydrogen (secondary N) is 1. The monoisotopic (exact) mass is 448 g/mol. The van der Waals surface area contributed by atoms with Gasteiger partial charge in [-0.15, -0.1) is 11.3 Å². The molecular formula is C21H18F2N2O5S. The zero-order valence-corrected chi connectivity index (χ0v) is 17.4. The van der Waals surface area contributed by atoms with Gasteiger partial charge in [0.15, 0.2) is 41.0 Å². The fourth-order valence-electron chi connectivity index (χ4n) is 2.49. The second kappa shape index (κ2) is 9.98. The van der Waals surface area contributed by atoms with E-state index in [4.69, 9.17) is 14.2 Å². The predicted octanol–water partition coefficient (Wildman–Crippen LogP) is 4.05. The number of halogens is 2. The number of amides is 1. The highest BCUT2D eigenvalue weighted by Gasteiger charge is 2.20. The van der Waals surface area contributed by atoms with Gasteiger partial charge in [-0.1, -0.05) is 12.1 Å². The molecule has 0 radical (unpaired) electrons. The van der Waals surface area contributed by atoms with Gasteiger partial charge in [0.2, 0.25) is 0 Å². The molecule has 1 N–H and O–H groups in total. The SMILES string of the molecule is COc1ccccc1OCC(=O)O[C@H](C)C(=O)Nc1nc(-c2ccc(F)c(F)c2)cs1. The molecule has 0 fully saturated rings. The first-order valence-electron chi connectivity index (χ1n) is 9.04. The quantitative estimate of drug-likeness (QED) is 0.524. The van der Waals surface area contributed by atoms with E-state index in [9.17, 15) is 18.4 Å². The lowest BCUT2D eigenvalue weighted by Crippen LogP contribution is -2.31. The van der Waals surface area contributed by atoms with Crippen molar-refractivity contribution in [3.05, 3.63) is 59.5 Å². The summed E-state index contributed by atoms with van der Waals surface area (Å²) in [4.78, 5) is 28.4. The van der Waals surface area contributed by atoms with Gasteiger partial charge in [0, 0.05) is 10.9 Å². The minimum Gasteiger partial charge on any atom is -0.493 e. The van der Waals surface area contributed by atoms with Crippen molar-refractivity contribution in [2.75, 3.05) is 19.0 Å². The number of aromatic nitrogens is 1. The first-order valence-corrected chi connectivity index (χ1v) is 9.92. The Morgan fingerprint density at radius 1 is 1.13 bits per heavy atom. The van der Waals surface area contributed by atoms with Crippen LogP contribution < -0.4 is 14.8 Å². The zero-order valence-electron chi connectivity index (χ0n) is 16.6. The van der Waals surface area contributed by atoms with Gasteiger partial charge in [-0.05, 0) is 37.3 Å². The molecule has 31 heavy (non-hydrogen) atoms. The van der Waals surface area contributed by atoms with Crippen molar-refractivity contribution in [1.82, 2.24) is 4.98 Å². The first-order chi connectivity index (χ1) is 14.9. The number of methoxy groups -OCH3 is 1. The third kappa shape index (κ3) is 5.76. The largest absolute Gasteiger partial charge is 0.493 e. The summed E-state index contributed by atoms with van der Waals surface area (Å²) in [7, 11) is 1.48. The van der Waals surface area contributed by atoms with Gasteiger partial charge >= 0.3 is 5.97 Å². The highest BCUT2D eigenvalue weighted by atomic mass is 32.1. The molecule has 7 nitrogen and oxygen atoms in total. The van der Waals surface area contributed by atoms with E-state index in [1.807, 2.05) is 0 Å². The fraction of sp³-hybridized carbons (Fsp3) is 0.190. The Balaban J connectivity index is 1.53. The number of anilines is 1. The second-order valence-corrected chi connectivity index (χ2v) is 7.09. The summed E-state index contributed by atoms with van der Waals surface area (Å²) in [6.07, 6.45) is -1.11. The minimum absolute atomic E-state index is 0.220. The Morgan fingerprint density at radius 2 is 1.87 bits per heavy atom. The molecule has 1 aromatic heterocycles. The number of esters is 1. The molecule has 0 spiro atoms. The summed E-state index contributed by atoms with van der Waals surface area (Å²) < 4.78 is 42.0. The Kier molecular flexibility index (Phi) is 7.14. The number of hydrogen-bond acceptors (Lipinski definition) is 7. The molecule has 3 aromatic rings. The summed E-state index contributed by atoms with van der Waals surface area (Å²) >= 11 is 1.09. The van der Waals surface area contributed by atoms with E-state index in [0.717, 1.165) is 23.5 Å². The number of nitrogens with zero attached hydrogens (tertiary/aromatic N) is 1. The lowest BCUT2D eigenvalue weighted by Gasteiger charge is -2.13. The molecule has 2 aromatic carbocycles. The van der Waals surface area contributed by atoms with Crippen LogP contribution in [0.5, 0.6) is 11.5 Å². The Bertz CT molecular complexity index is 1090. The van der Waals surface area contributed by atoms with Crippen molar-refractivity contribution in [3.8, 4) is 22.8 Å². The number of rotatable bonds is 8. The number of carbonyl (C=O) groups excluding carboxylic acids is 2. The van der Waals surface area contributed by atoms with Crippen LogP contribution in [0.15, 0.2) is 47.8 Å². The van der Waals surface area contributed by atoms with Crippen LogP contribution in [0.2, 0.25) is 0 Å². The molecular weight excluding hydrogens is 430 g/mol. The third-order valence-corrected chi connectivity index (χ3v) is 4.80. The van der Waals surface area contributed by atoms with Gasteiger partial charge in [-0.3, -0.25) is 10.1 Å². The number of hydrogen-bond donors (Lipinski definition) is 1. The summed E-state index contributed by atoms with van der Waals surface area (Å²) in [6, 6.07) is 10.2. The summed E-state index contributed by atoms with van der Waals surface area (Å²) in [5, 5.41) is 4.32. The molecule has 0 bridgehead atoms. The highest BCUT2D eigenvalue weighted by molar-refractivity contribution is 7.14. The molecule has 0 aliphatic heterocycles. The van der Waals surface area contributed by atoms with E-state index in [0.29, 0.717) is 22.8 Å². The second-order valence-electron chi connectivity index (χ2n) is 6.23. The number of thiazole rings is 1. The molecule has 3 rings (SSSR count). The van der Waals surface area contributed by atoms with Crippen molar-refractivity contribution in [3.63, 3.8) is 0 Å². The molecule has 0 aliphatic rings. The van der Waals surface area contributed by atoms with E-state index in [2.05, 4.69) is 10.3 Å². The topological polar surface area (TPSA) is 86.8 Å². The molecule has 1 atom stereocenters. The zero-order chi connectivity index (χ0) is 22.4. The van der Waals surface area contributed by atoms with Crippen molar-refractivity contribution in [1.29, 1.82) is 0 Å². The van der Waals surface area contributed by atoms with Crippen LogP contribution in [0.25, 0.3) is 11.3 Å². The van der Waals surface area contributed by atoms with Crippen LogP contribution in [0, 0.1) is 11.6 Å². The van der Waals surface area contributed by atoms with Crippen molar-refractivity contribution in [2.24, 2.45) is 0 Å². The third-order valence-electron chi connectivity index (χ3n) is 4.04. The van der Waals surface area contributed by atoms with Crippen LogP contribution in [0.3, 0.4) is 0 Å². The van der Waals surface area contributed by atoms with Gasteiger partial charge in [-0.2, -0.15) is 0 Å². The maximum atomic E-state index is 13.4. The van der Waals surface area contributed by atoms with Crippen molar-refractivity contribution < 1.29 is 32.6 Å². The molecule has 0 aliphatic carbocycles. The predicted molar refractivity (Wildman–Crippen MR) is 110 cm³/mol. The molecule has 0 saturated carbocycles. The molecule has 10 heteroatoms. The van der Waals surface area contributed by atoms with Crippen LogP contribution in [-0.4, -0.2) is 36.7 Å². The van der Waals surface area contributed by atoms with Crippen molar-refractivity contribution >= 4 is 28.3 Å². The standard InChI is InChI=1S/C21H18F2N2O5S/c1-12(30-19(26)10-29-18-6-4-3-5-17(18)28-2)20(27)25-21-24-16(11-31-21)13-7-8-14(22)15(23)9-13/h3-9,11-12H,10H2,1-2H3,(H,24,25,27)/t12-/m1/s1. The molecule has 0 unspecified atom stereocenters. The van der Waals surface area contributed by atoms with Gasteiger partial charge in [0.05, 0.1) is 12.8 Å². The van der Waals surface area contributed by atoms with E-state index in [-0.39, 0.29) is 5.13 Å². The smallest absolute Gasteiger partial charge is 0.344 e. The maximum absolute atomic E-state index is 13.4. The lowest BCUT2D eigenvalue weighted by atomic mass is 10.2. The average molecular weight is 448 g/mol.